The molecule has 2 atom stereocenters. The summed E-state index contributed by atoms with van der Waals surface area (Å²) in [5, 5.41) is 0. The Hall–Kier alpha value is 0.830. The highest BCUT2D eigenvalue weighted by molar-refractivity contribution is 9.09. The van der Waals surface area contributed by atoms with Crippen molar-refractivity contribution in [3.8, 4) is 0 Å². The maximum atomic E-state index is 3.77. The minimum absolute atomic E-state index is 0.837. The van der Waals surface area contributed by atoms with E-state index in [1.54, 1.807) is 0 Å². The van der Waals surface area contributed by atoms with Crippen LogP contribution in [0.1, 0.15) is 39.0 Å². The highest BCUT2D eigenvalue weighted by Crippen LogP contribution is 2.34. The highest BCUT2D eigenvalue weighted by atomic mass is 79.9. The van der Waals surface area contributed by atoms with Gasteiger partial charge in [-0.1, -0.05) is 29.3 Å². The average molecular weight is 251 g/mol. The molecule has 1 aliphatic carbocycles. The molecule has 0 amide bonds. The van der Waals surface area contributed by atoms with Gasteiger partial charge in [-0.2, -0.15) is 11.8 Å². The van der Waals surface area contributed by atoms with Gasteiger partial charge in [-0.25, -0.2) is 0 Å². The molecule has 1 fully saturated rings. The van der Waals surface area contributed by atoms with E-state index in [-0.39, 0.29) is 0 Å². The van der Waals surface area contributed by atoms with Crippen molar-refractivity contribution in [3.05, 3.63) is 0 Å². The number of alkyl halides is 1. The second-order valence-electron chi connectivity index (χ2n) is 3.55. The van der Waals surface area contributed by atoms with Crippen molar-refractivity contribution in [1.29, 1.82) is 0 Å². The summed E-state index contributed by atoms with van der Waals surface area (Å²) >= 11 is 5.84. The first-order valence-electron chi connectivity index (χ1n) is 5.06. The monoisotopic (exact) mass is 250 g/mol. The maximum absolute atomic E-state index is 3.77. The molecule has 0 bridgehead atoms. The first kappa shape index (κ1) is 10.9. The minimum Gasteiger partial charge on any atom is -0.162 e. The van der Waals surface area contributed by atoms with E-state index in [1.165, 1.54) is 43.6 Å². The molecule has 0 aromatic heterocycles. The molecule has 0 nitrogen and oxygen atoms in total. The van der Waals surface area contributed by atoms with Gasteiger partial charge in [0.2, 0.25) is 0 Å². The number of thioether (sulfide) groups is 1. The lowest BCUT2D eigenvalue weighted by Crippen LogP contribution is -2.06. The molecule has 0 N–H and O–H groups in total. The molecule has 12 heavy (non-hydrogen) atoms. The summed E-state index contributed by atoms with van der Waals surface area (Å²) < 4.78 is 0. The van der Waals surface area contributed by atoms with E-state index < -0.39 is 0 Å². The van der Waals surface area contributed by atoms with Crippen LogP contribution in [0.3, 0.4) is 0 Å². The van der Waals surface area contributed by atoms with Gasteiger partial charge in [0.25, 0.3) is 0 Å². The predicted octanol–water partition coefficient (Wildman–Crippen LogP) is 4.08. The fourth-order valence-electron chi connectivity index (χ4n) is 1.91. The number of halogens is 1. The summed E-state index contributed by atoms with van der Waals surface area (Å²) in [7, 11) is 0. The van der Waals surface area contributed by atoms with Crippen LogP contribution in [0.15, 0.2) is 0 Å². The van der Waals surface area contributed by atoms with E-state index in [0.717, 1.165) is 10.7 Å². The van der Waals surface area contributed by atoms with Crippen LogP contribution in [0.2, 0.25) is 0 Å². The summed E-state index contributed by atoms with van der Waals surface area (Å²) in [4.78, 5) is 0.837. The van der Waals surface area contributed by atoms with Crippen LogP contribution in [0.5, 0.6) is 0 Å². The molecule has 0 saturated heterocycles. The first-order chi connectivity index (χ1) is 5.84. The van der Waals surface area contributed by atoms with E-state index >= 15 is 0 Å². The van der Waals surface area contributed by atoms with Gasteiger partial charge in [0.05, 0.1) is 0 Å². The van der Waals surface area contributed by atoms with Crippen molar-refractivity contribution >= 4 is 27.7 Å². The van der Waals surface area contributed by atoms with Gasteiger partial charge in [-0.15, -0.1) is 0 Å². The molecule has 1 aliphatic rings. The standard InChI is InChI=1S/C10H19BrS/c1-2-12-8-4-6-9-5-3-7-10(9)11/h9-10H,2-8H2,1H3. The summed E-state index contributed by atoms with van der Waals surface area (Å²) in [6.45, 7) is 2.24. The van der Waals surface area contributed by atoms with Crippen molar-refractivity contribution in [2.24, 2.45) is 5.92 Å². The van der Waals surface area contributed by atoms with Crippen LogP contribution in [-0.2, 0) is 0 Å². The van der Waals surface area contributed by atoms with Gasteiger partial charge in [0.1, 0.15) is 0 Å². The van der Waals surface area contributed by atoms with Crippen molar-refractivity contribution in [2.45, 2.75) is 43.9 Å². The van der Waals surface area contributed by atoms with Gasteiger partial charge in [0.15, 0.2) is 0 Å². The molecule has 2 heteroatoms. The molecule has 1 rings (SSSR count). The van der Waals surface area contributed by atoms with Crippen LogP contribution >= 0.6 is 27.7 Å². The molecule has 0 heterocycles. The lowest BCUT2D eigenvalue weighted by Gasteiger charge is -2.12. The lowest BCUT2D eigenvalue weighted by molar-refractivity contribution is 0.512. The minimum atomic E-state index is 0.837. The molecule has 0 aromatic rings. The predicted molar refractivity (Wildman–Crippen MR) is 62.3 cm³/mol. The third-order valence-electron chi connectivity index (χ3n) is 2.63. The molecule has 0 radical (unpaired) electrons. The van der Waals surface area contributed by atoms with Crippen molar-refractivity contribution in [3.63, 3.8) is 0 Å². The van der Waals surface area contributed by atoms with E-state index in [4.69, 9.17) is 0 Å². The van der Waals surface area contributed by atoms with E-state index in [0.29, 0.717) is 0 Å². The lowest BCUT2D eigenvalue weighted by atomic mass is 10.0. The average Bonchev–Trinajstić information content (AvgIpc) is 2.46. The van der Waals surface area contributed by atoms with Crippen LogP contribution in [0.25, 0.3) is 0 Å². The highest BCUT2D eigenvalue weighted by Gasteiger charge is 2.23. The molecule has 0 aliphatic heterocycles. The number of hydrogen-bond acceptors (Lipinski definition) is 1. The Balaban J connectivity index is 1.98. The SMILES string of the molecule is CCSCCCC1CCCC1Br. The summed E-state index contributed by atoms with van der Waals surface area (Å²) in [5.41, 5.74) is 0. The second-order valence-corrected chi connectivity index (χ2v) is 6.12. The fraction of sp³-hybridized carbons (Fsp3) is 1.00. The van der Waals surface area contributed by atoms with E-state index in [2.05, 4.69) is 34.6 Å². The Bertz CT molecular complexity index is 116. The Labute approximate surface area is 89.0 Å². The zero-order valence-electron chi connectivity index (χ0n) is 7.89. The quantitative estimate of drug-likeness (QED) is 0.524. The fourth-order valence-corrected chi connectivity index (χ4v) is 3.42. The molecule has 0 aromatic carbocycles. The Morgan fingerprint density at radius 1 is 1.42 bits per heavy atom. The molecule has 72 valence electrons. The molecule has 2 unspecified atom stereocenters. The number of rotatable bonds is 5. The summed E-state index contributed by atoms with van der Waals surface area (Å²) in [6.07, 6.45) is 7.19. The van der Waals surface area contributed by atoms with Crippen LogP contribution in [0.4, 0.5) is 0 Å². The van der Waals surface area contributed by atoms with Crippen LogP contribution in [-0.4, -0.2) is 16.3 Å². The van der Waals surface area contributed by atoms with Gasteiger partial charge in [0, 0.05) is 4.83 Å². The smallest absolute Gasteiger partial charge is 0.0174 e. The third-order valence-corrected chi connectivity index (χ3v) is 4.83. The van der Waals surface area contributed by atoms with Gasteiger partial charge < -0.3 is 0 Å². The zero-order chi connectivity index (χ0) is 8.81. The van der Waals surface area contributed by atoms with Crippen molar-refractivity contribution in [1.82, 2.24) is 0 Å². The first-order valence-corrected chi connectivity index (χ1v) is 7.13. The molecular weight excluding hydrogens is 232 g/mol. The normalized spacial score (nSPS) is 29.5. The zero-order valence-corrected chi connectivity index (χ0v) is 10.3. The summed E-state index contributed by atoms with van der Waals surface area (Å²) in [6, 6.07) is 0. The van der Waals surface area contributed by atoms with E-state index in [1.807, 2.05) is 0 Å². The molecule has 1 saturated carbocycles. The van der Waals surface area contributed by atoms with Gasteiger partial charge in [-0.3, -0.25) is 0 Å². The molecule has 0 spiro atoms. The second kappa shape index (κ2) is 6.31. The summed E-state index contributed by atoms with van der Waals surface area (Å²) in [5.74, 6) is 3.64. The van der Waals surface area contributed by atoms with Crippen LogP contribution in [0, 0.1) is 5.92 Å². The topological polar surface area (TPSA) is 0 Å². The van der Waals surface area contributed by atoms with Crippen LogP contribution < -0.4 is 0 Å². The van der Waals surface area contributed by atoms with E-state index in [9.17, 15) is 0 Å². The van der Waals surface area contributed by atoms with Gasteiger partial charge >= 0.3 is 0 Å². The number of hydrogen-bond donors (Lipinski definition) is 0. The third kappa shape index (κ3) is 3.69. The Morgan fingerprint density at radius 2 is 2.25 bits per heavy atom. The molecular formula is C10H19BrS. The Morgan fingerprint density at radius 3 is 2.83 bits per heavy atom. The maximum Gasteiger partial charge on any atom is 0.0174 e. The van der Waals surface area contributed by atoms with Crippen molar-refractivity contribution in [2.75, 3.05) is 11.5 Å². The largest absolute Gasteiger partial charge is 0.162 e. The Kier molecular flexibility index (Phi) is 5.73. The van der Waals surface area contributed by atoms with Crippen molar-refractivity contribution < 1.29 is 0 Å². The van der Waals surface area contributed by atoms with Gasteiger partial charge in [-0.05, 0) is 43.1 Å².